The van der Waals surface area contributed by atoms with E-state index in [0.717, 1.165) is 13.0 Å². The van der Waals surface area contributed by atoms with Gasteiger partial charge in [-0.3, -0.25) is 4.79 Å². The fraction of sp³-hybridized carbons (Fsp3) is 0.207. The number of aromatic carboxylic acids is 1. The van der Waals surface area contributed by atoms with Crippen molar-refractivity contribution in [3.05, 3.63) is 95.1 Å². The average molecular weight is 557 g/mol. The van der Waals surface area contributed by atoms with Crippen LogP contribution in [0.1, 0.15) is 38.3 Å². The third-order valence-electron chi connectivity index (χ3n) is 6.12. The first-order valence-corrected chi connectivity index (χ1v) is 12.0. The van der Waals surface area contributed by atoms with Crippen LogP contribution in [0.25, 0.3) is 5.57 Å². The van der Waals surface area contributed by atoms with Gasteiger partial charge in [-0.2, -0.15) is 13.2 Å². The molecule has 0 fully saturated rings. The molecule has 40 heavy (non-hydrogen) atoms. The molecule has 0 aromatic heterocycles. The van der Waals surface area contributed by atoms with Crippen molar-refractivity contribution in [2.24, 2.45) is 0 Å². The molecule has 1 heterocycles. The van der Waals surface area contributed by atoms with Crippen LogP contribution in [-0.4, -0.2) is 54.4 Å². The Morgan fingerprint density at radius 2 is 1.62 bits per heavy atom. The molecular weight excluding hydrogens is 529 g/mol. The first-order chi connectivity index (χ1) is 18.9. The highest BCUT2D eigenvalue weighted by Gasteiger charge is 2.38. The Bertz CT molecular complexity index is 1420. The number of amides is 1. The van der Waals surface area contributed by atoms with Crippen LogP contribution in [0.5, 0.6) is 5.75 Å². The predicted molar refractivity (Wildman–Crippen MR) is 144 cm³/mol. The molecule has 3 N–H and O–H groups in total. The molecule has 0 spiro atoms. The van der Waals surface area contributed by atoms with Gasteiger partial charge in [0.05, 0.1) is 18.4 Å². The number of carboxylic acid groups (broad SMARTS) is 2. The largest absolute Gasteiger partial charge is 0.497 e. The molecule has 0 bridgehead atoms. The first-order valence-electron chi connectivity index (χ1n) is 12.0. The molecule has 0 radical (unpaired) electrons. The van der Waals surface area contributed by atoms with Gasteiger partial charge in [0.2, 0.25) is 0 Å². The number of aryl methyl sites for hydroxylation is 1. The number of hydrogen-bond donors (Lipinski definition) is 3. The molecule has 3 aromatic carbocycles. The van der Waals surface area contributed by atoms with Crippen LogP contribution in [0, 0.1) is 6.92 Å². The zero-order valence-electron chi connectivity index (χ0n) is 21.7. The molecule has 1 aliphatic heterocycles. The average Bonchev–Trinajstić information content (AvgIpc) is 2.93. The first kappa shape index (κ1) is 29.8. The maximum Gasteiger partial charge on any atom is 0.490 e. The number of anilines is 2. The number of benzene rings is 3. The van der Waals surface area contributed by atoms with Crippen molar-refractivity contribution in [2.45, 2.75) is 19.5 Å². The topological polar surface area (TPSA) is 116 Å². The highest BCUT2D eigenvalue weighted by molar-refractivity contribution is 6.05. The van der Waals surface area contributed by atoms with Crippen LogP contribution < -0.4 is 15.0 Å². The van der Waals surface area contributed by atoms with Crippen LogP contribution in [-0.2, 0) is 4.79 Å². The second kappa shape index (κ2) is 12.8. The Hall–Kier alpha value is -4.80. The number of nitrogens with one attached hydrogen (secondary N) is 1. The molecule has 210 valence electrons. The molecule has 0 atom stereocenters. The van der Waals surface area contributed by atoms with E-state index in [0.29, 0.717) is 29.2 Å². The summed E-state index contributed by atoms with van der Waals surface area (Å²) in [5.74, 6) is -3.44. The van der Waals surface area contributed by atoms with Crippen LogP contribution >= 0.6 is 0 Å². The van der Waals surface area contributed by atoms with Gasteiger partial charge in [-0.15, -0.1) is 0 Å². The lowest BCUT2D eigenvalue weighted by Crippen LogP contribution is -2.30. The number of halogens is 3. The smallest absolute Gasteiger partial charge is 0.490 e. The second-order valence-corrected chi connectivity index (χ2v) is 8.76. The minimum absolute atomic E-state index is 0.162. The molecule has 1 aliphatic rings. The Morgan fingerprint density at radius 1 is 0.975 bits per heavy atom. The van der Waals surface area contributed by atoms with Crippen LogP contribution in [0.3, 0.4) is 0 Å². The summed E-state index contributed by atoms with van der Waals surface area (Å²) in [5, 5.41) is 19.7. The SMILES string of the molecule is COc1ccc(C(=O)Nc2ccc(N3CC=C(c4ccccc4C)CC3)c(C(=O)O)c2)cc1.O=C(O)C(F)(F)F. The zero-order valence-corrected chi connectivity index (χ0v) is 21.7. The van der Waals surface area contributed by atoms with Crippen molar-refractivity contribution in [3.63, 3.8) is 0 Å². The van der Waals surface area contributed by atoms with Crippen molar-refractivity contribution in [2.75, 3.05) is 30.4 Å². The lowest BCUT2D eigenvalue weighted by molar-refractivity contribution is -0.192. The monoisotopic (exact) mass is 556 g/mol. The number of alkyl halides is 3. The second-order valence-electron chi connectivity index (χ2n) is 8.76. The number of ether oxygens (including phenoxy) is 1. The molecular formula is C29H27F3N2O6. The summed E-state index contributed by atoms with van der Waals surface area (Å²) in [6.45, 7) is 3.45. The van der Waals surface area contributed by atoms with Crippen LogP contribution in [0.15, 0.2) is 72.8 Å². The van der Waals surface area contributed by atoms with Gasteiger partial charge < -0.3 is 25.2 Å². The van der Waals surface area contributed by atoms with Crippen molar-refractivity contribution < 1.29 is 42.5 Å². The Labute approximate surface area is 228 Å². The molecule has 0 saturated carbocycles. The number of carbonyl (C=O) groups is 3. The lowest BCUT2D eigenvalue weighted by Gasteiger charge is -2.30. The normalized spacial score (nSPS) is 12.9. The van der Waals surface area contributed by atoms with E-state index in [2.05, 4.69) is 35.3 Å². The van der Waals surface area contributed by atoms with Crippen molar-refractivity contribution in [3.8, 4) is 5.75 Å². The minimum atomic E-state index is -5.08. The van der Waals surface area contributed by atoms with E-state index in [4.69, 9.17) is 14.6 Å². The Balaban J connectivity index is 0.000000559. The van der Waals surface area contributed by atoms with Gasteiger partial charge in [0.15, 0.2) is 0 Å². The van der Waals surface area contributed by atoms with E-state index in [1.165, 1.54) is 22.8 Å². The van der Waals surface area contributed by atoms with Crippen LogP contribution in [0.4, 0.5) is 24.5 Å². The van der Waals surface area contributed by atoms with Crippen molar-refractivity contribution in [1.82, 2.24) is 0 Å². The fourth-order valence-electron chi connectivity index (χ4n) is 4.07. The highest BCUT2D eigenvalue weighted by atomic mass is 19.4. The van der Waals surface area contributed by atoms with E-state index >= 15 is 0 Å². The summed E-state index contributed by atoms with van der Waals surface area (Å²) in [6.07, 6.45) is -2.09. The van der Waals surface area contributed by atoms with Gasteiger partial charge in [0.25, 0.3) is 5.91 Å². The molecule has 0 aliphatic carbocycles. The maximum absolute atomic E-state index is 12.6. The van der Waals surface area contributed by atoms with Crippen LogP contribution in [0.2, 0.25) is 0 Å². The molecule has 0 saturated heterocycles. The third-order valence-corrected chi connectivity index (χ3v) is 6.12. The van der Waals surface area contributed by atoms with E-state index < -0.39 is 18.1 Å². The van der Waals surface area contributed by atoms with Gasteiger partial charge in [-0.1, -0.05) is 30.3 Å². The number of methoxy groups -OCH3 is 1. The van der Waals surface area contributed by atoms with E-state index in [9.17, 15) is 27.9 Å². The van der Waals surface area contributed by atoms with Gasteiger partial charge in [-0.05, 0) is 72.5 Å². The van der Waals surface area contributed by atoms with Gasteiger partial charge >= 0.3 is 18.1 Å². The molecule has 3 aromatic rings. The molecule has 8 nitrogen and oxygen atoms in total. The lowest BCUT2D eigenvalue weighted by atomic mass is 9.95. The number of aliphatic carboxylic acids is 1. The standard InChI is InChI=1S/C27H26N2O4.C2HF3O2/c1-18-5-3-4-6-23(18)19-13-15-29(16-14-19)25-12-9-21(17-24(25)27(31)32)28-26(30)20-7-10-22(33-2)11-8-20;3-2(4,5)1(6)7/h3-13,17H,14-16H2,1-2H3,(H,28,30)(H,31,32);(H,6,7). The summed E-state index contributed by atoms with van der Waals surface area (Å²) in [5.41, 5.74) is 5.46. The minimum Gasteiger partial charge on any atom is -0.497 e. The maximum atomic E-state index is 12.6. The van der Waals surface area contributed by atoms with E-state index in [1.807, 2.05) is 12.1 Å². The van der Waals surface area contributed by atoms with E-state index in [1.54, 1.807) is 43.5 Å². The molecule has 0 unspecified atom stereocenters. The molecule has 1 amide bonds. The number of hydrogen-bond acceptors (Lipinski definition) is 5. The predicted octanol–water partition coefficient (Wildman–Crippen LogP) is 5.88. The summed E-state index contributed by atoms with van der Waals surface area (Å²) in [4.78, 5) is 35.5. The number of rotatable bonds is 6. The zero-order chi connectivity index (χ0) is 29.4. The van der Waals surface area contributed by atoms with Gasteiger partial charge in [0.1, 0.15) is 5.75 Å². The summed E-state index contributed by atoms with van der Waals surface area (Å²) in [7, 11) is 1.56. The Morgan fingerprint density at radius 3 is 2.15 bits per heavy atom. The summed E-state index contributed by atoms with van der Waals surface area (Å²) >= 11 is 0. The van der Waals surface area contributed by atoms with Gasteiger partial charge in [0, 0.05) is 24.3 Å². The quantitative estimate of drug-likeness (QED) is 0.347. The highest BCUT2D eigenvalue weighted by Crippen LogP contribution is 2.31. The summed E-state index contributed by atoms with van der Waals surface area (Å²) < 4.78 is 36.8. The van der Waals surface area contributed by atoms with Crippen molar-refractivity contribution in [1.29, 1.82) is 0 Å². The fourth-order valence-corrected chi connectivity index (χ4v) is 4.07. The summed E-state index contributed by atoms with van der Waals surface area (Å²) in [6, 6.07) is 20.0. The molecule has 11 heteroatoms. The molecule has 4 rings (SSSR count). The Kier molecular flexibility index (Phi) is 9.54. The van der Waals surface area contributed by atoms with Gasteiger partial charge in [-0.25, -0.2) is 9.59 Å². The van der Waals surface area contributed by atoms with Crippen molar-refractivity contribution >= 4 is 34.8 Å². The number of carboxylic acids is 2. The number of nitrogens with zero attached hydrogens (tertiary/aromatic N) is 1. The third kappa shape index (κ3) is 7.62. The van der Waals surface area contributed by atoms with E-state index in [-0.39, 0.29) is 11.5 Å². The number of carbonyl (C=O) groups excluding carboxylic acids is 1.